The van der Waals surface area contributed by atoms with Crippen LogP contribution in [0, 0.1) is 5.92 Å². The highest BCUT2D eigenvalue weighted by Crippen LogP contribution is 2.43. The SMILES string of the molecule is CCCCCCCCCCCCCCCCCCC(Cc1cc(C(C)(C)C)c(O)c(C(C)(C)C)c1)C(=O)Oc1c(C(C)(C)C)cc(COC)cc1C(C)(C)C. The molecule has 1 unspecified atom stereocenters. The summed E-state index contributed by atoms with van der Waals surface area (Å²) >= 11 is 0. The molecule has 4 heteroatoms. The van der Waals surface area contributed by atoms with E-state index in [1.165, 1.54) is 89.9 Å². The van der Waals surface area contributed by atoms with Crippen molar-refractivity contribution in [2.75, 3.05) is 7.11 Å². The van der Waals surface area contributed by atoms with Gasteiger partial charge in [-0.2, -0.15) is 0 Å². The molecule has 2 aromatic rings. The summed E-state index contributed by atoms with van der Waals surface area (Å²) in [6, 6.07) is 8.60. The minimum atomic E-state index is -0.295. The number of unbranched alkanes of at least 4 members (excludes halogenated alkanes) is 15. The summed E-state index contributed by atoms with van der Waals surface area (Å²) in [6.45, 7) is 28.8. The summed E-state index contributed by atoms with van der Waals surface area (Å²) in [4.78, 5) is 14.6. The monoisotopic (exact) mass is 763 g/mol. The summed E-state index contributed by atoms with van der Waals surface area (Å²) in [6.07, 6.45) is 22.6. The van der Waals surface area contributed by atoms with Crippen LogP contribution in [-0.4, -0.2) is 18.2 Å². The zero-order valence-corrected chi connectivity index (χ0v) is 38.5. The van der Waals surface area contributed by atoms with Gasteiger partial charge in [0.1, 0.15) is 11.5 Å². The number of benzene rings is 2. The topological polar surface area (TPSA) is 55.8 Å². The Kier molecular flexibility index (Phi) is 20.0. The molecule has 0 saturated carbocycles. The third-order valence-electron chi connectivity index (χ3n) is 11.3. The summed E-state index contributed by atoms with van der Waals surface area (Å²) in [5, 5.41) is 11.5. The second-order valence-corrected chi connectivity index (χ2v) is 20.9. The number of rotatable bonds is 23. The van der Waals surface area contributed by atoms with Gasteiger partial charge in [-0.3, -0.25) is 4.79 Å². The van der Waals surface area contributed by atoms with Crippen molar-refractivity contribution < 1.29 is 19.4 Å². The van der Waals surface area contributed by atoms with Crippen LogP contribution in [0.2, 0.25) is 0 Å². The van der Waals surface area contributed by atoms with Gasteiger partial charge in [-0.1, -0.05) is 205 Å². The summed E-state index contributed by atoms with van der Waals surface area (Å²) < 4.78 is 12.2. The van der Waals surface area contributed by atoms with Gasteiger partial charge in [-0.25, -0.2) is 0 Å². The van der Waals surface area contributed by atoms with E-state index >= 15 is 0 Å². The van der Waals surface area contributed by atoms with Crippen LogP contribution in [-0.2, 0) is 44.2 Å². The lowest BCUT2D eigenvalue weighted by atomic mass is 9.77. The Bertz CT molecular complexity index is 1350. The van der Waals surface area contributed by atoms with Gasteiger partial charge in [0, 0.05) is 18.2 Å². The lowest BCUT2D eigenvalue weighted by Gasteiger charge is -2.31. The third-order valence-corrected chi connectivity index (χ3v) is 11.3. The molecule has 0 aliphatic rings. The van der Waals surface area contributed by atoms with Crippen LogP contribution in [0.15, 0.2) is 24.3 Å². The van der Waals surface area contributed by atoms with E-state index in [1.54, 1.807) is 7.11 Å². The molecule has 0 amide bonds. The number of aromatic hydroxyl groups is 1. The standard InChI is InChI=1S/C51H86O4/c1-15-16-17-18-19-20-21-22-23-24-25-26-27-28-29-30-31-40(32-38-33-41(48(2,3)4)45(52)42(34-38)49(5,6)7)47(53)55-46-43(50(8,9)10)35-39(37-54-14)36-44(46)51(11,12)13/h33-36,40,52H,15-32,37H2,1-14H3. The van der Waals surface area contributed by atoms with Crippen molar-refractivity contribution in [2.24, 2.45) is 5.92 Å². The van der Waals surface area contributed by atoms with Crippen molar-refractivity contribution >= 4 is 5.97 Å². The van der Waals surface area contributed by atoms with E-state index in [2.05, 4.69) is 114 Å². The predicted molar refractivity (Wildman–Crippen MR) is 237 cm³/mol. The van der Waals surface area contributed by atoms with Crippen molar-refractivity contribution in [1.82, 2.24) is 0 Å². The zero-order chi connectivity index (χ0) is 41.5. The first-order valence-corrected chi connectivity index (χ1v) is 22.4. The van der Waals surface area contributed by atoms with Gasteiger partial charge in [0.15, 0.2) is 0 Å². The molecule has 0 aliphatic carbocycles. The molecule has 1 atom stereocenters. The first-order chi connectivity index (χ1) is 25.6. The van der Waals surface area contributed by atoms with Crippen LogP contribution in [0.3, 0.4) is 0 Å². The highest BCUT2D eigenvalue weighted by Gasteiger charge is 2.32. The average molecular weight is 763 g/mol. The molecule has 2 aromatic carbocycles. The van der Waals surface area contributed by atoms with E-state index in [9.17, 15) is 9.90 Å². The normalized spacial score (nSPS) is 13.3. The Hall–Kier alpha value is -2.33. The molecule has 0 spiro atoms. The Morgan fingerprint density at radius 3 is 1.24 bits per heavy atom. The smallest absolute Gasteiger partial charge is 0.314 e. The first-order valence-electron chi connectivity index (χ1n) is 22.4. The minimum Gasteiger partial charge on any atom is -0.507 e. The number of hydrogen-bond donors (Lipinski definition) is 1. The minimum absolute atomic E-state index is 0.154. The molecule has 0 aliphatic heterocycles. The van der Waals surface area contributed by atoms with Crippen molar-refractivity contribution in [3.05, 3.63) is 57.6 Å². The summed E-state index contributed by atoms with van der Waals surface area (Å²) in [7, 11) is 1.73. The molecule has 1 N–H and O–H groups in total. The molecule has 4 nitrogen and oxygen atoms in total. The van der Waals surface area contributed by atoms with Gasteiger partial charge >= 0.3 is 5.97 Å². The zero-order valence-electron chi connectivity index (χ0n) is 38.5. The van der Waals surface area contributed by atoms with Crippen molar-refractivity contribution in [1.29, 1.82) is 0 Å². The van der Waals surface area contributed by atoms with Crippen LogP contribution in [0.5, 0.6) is 11.5 Å². The molecule has 0 fully saturated rings. The molecular weight excluding hydrogens is 677 g/mol. The van der Waals surface area contributed by atoms with Gasteiger partial charge in [-0.05, 0) is 68.9 Å². The largest absolute Gasteiger partial charge is 0.507 e. The van der Waals surface area contributed by atoms with Crippen molar-refractivity contribution in [3.63, 3.8) is 0 Å². The lowest BCUT2D eigenvalue weighted by Crippen LogP contribution is -2.27. The van der Waals surface area contributed by atoms with Gasteiger partial charge in [0.05, 0.1) is 12.5 Å². The van der Waals surface area contributed by atoms with Gasteiger partial charge < -0.3 is 14.6 Å². The molecule has 314 valence electrons. The van der Waals surface area contributed by atoms with E-state index in [4.69, 9.17) is 9.47 Å². The molecule has 0 radical (unpaired) electrons. The number of phenols is 1. The number of carbonyl (C=O) groups excluding carboxylic acids is 1. The number of esters is 1. The van der Waals surface area contributed by atoms with Crippen LogP contribution >= 0.6 is 0 Å². The van der Waals surface area contributed by atoms with Crippen LogP contribution in [0.25, 0.3) is 0 Å². The Morgan fingerprint density at radius 1 is 0.545 bits per heavy atom. The number of ether oxygens (including phenoxy) is 2. The molecule has 0 heterocycles. The molecular formula is C51H86O4. The van der Waals surface area contributed by atoms with Gasteiger partial charge in [0.2, 0.25) is 0 Å². The van der Waals surface area contributed by atoms with Crippen LogP contribution in [0.4, 0.5) is 0 Å². The highest BCUT2D eigenvalue weighted by molar-refractivity contribution is 5.77. The number of hydrogen-bond acceptors (Lipinski definition) is 4. The number of phenolic OH excluding ortho intramolecular Hbond substituents is 1. The third kappa shape index (κ3) is 17.0. The molecule has 2 rings (SSSR count). The molecule has 0 aromatic heterocycles. The maximum absolute atomic E-state index is 14.6. The van der Waals surface area contributed by atoms with E-state index in [1.807, 2.05) is 0 Å². The molecule has 55 heavy (non-hydrogen) atoms. The fourth-order valence-corrected chi connectivity index (χ4v) is 7.83. The molecule has 0 bridgehead atoms. The summed E-state index contributed by atoms with van der Waals surface area (Å²) in [5.74, 6) is 0.634. The first kappa shape index (κ1) is 48.8. The second-order valence-electron chi connectivity index (χ2n) is 20.9. The second kappa shape index (κ2) is 22.6. The average Bonchev–Trinajstić information content (AvgIpc) is 3.06. The summed E-state index contributed by atoms with van der Waals surface area (Å²) in [5.41, 5.74) is 5.18. The predicted octanol–water partition coefficient (Wildman–Crippen LogP) is 15.1. The van der Waals surface area contributed by atoms with Crippen LogP contribution in [0.1, 0.15) is 233 Å². The fourth-order valence-electron chi connectivity index (χ4n) is 7.83. The highest BCUT2D eigenvalue weighted by atomic mass is 16.5. The molecule has 0 saturated heterocycles. The van der Waals surface area contributed by atoms with Crippen molar-refractivity contribution in [2.45, 2.75) is 234 Å². The lowest BCUT2D eigenvalue weighted by molar-refractivity contribution is -0.139. The maximum Gasteiger partial charge on any atom is 0.314 e. The quantitative estimate of drug-likeness (QED) is 0.0696. The number of methoxy groups -OCH3 is 1. The Morgan fingerprint density at radius 2 is 0.891 bits per heavy atom. The Balaban J connectivity index is 2.25. The van der Waals surface area contributed by atoms with E-state index in [-0.39, 0.29) is 33.5 Å². The van der Waals surface area contributed by atoms with E-state index < -0.39 is 0 Å². The fraction of sp³-hybridized carbons (Fsp3) is 0.745. The van der Waals surface area contributed by atoms with E-state index in [0.29, 0.717) is 24.5 Å². The van der Waals surface area contributed by atoms with Gasteiger partial charge in [0.25, 0.3) is 0 Å². The van der Waals surface area contributed by atoms with E-state index in [0.717, 1.165) is 52.6 Å². The number of carbonyl (C=O) groups is 1. The van der Waals surface area contributed by atoms with Crippen molar-refractivity contribution in [3.8, 4) is 11.5 Å². The van der Waals surface area contributed by atoms with Gasteiger partial charge in [-0.15, -0.1) is 0 Å². The maximum atomic E-state index is 14.6. The Labute approximate surface area is 340 Å². The van der Waals surface area contributed by atoms with Crippen LogP contribution < -0.4 is 4.74 Å².